The standard InChI is InChI=1S/C14H22ClNO2S2/c1-3-12-6-7-13(19-12)20(17,18)16-14(10-15)8-4-5-11(2)9-14/h6-7,11,16H,3-5,8-10H2,1-2H3. The Morgan fingerprint density at radius 1 is 1.50 bits per heavy atom. The molecular weight excluding hydrogens is 314 g/mol. The summed E-state index contributed by atoms with van der Waals surface area (Å²) in [5.74, 6) is 0.850. The molecule has 1 aliphatic rings. The molecule has 1 saturated carbocycles. The lowest BCUT2D eigenvalue weighted by atomic mass is 9.78. The number of nitrogens with one attached hydrogen (secondary N) is 1. The van der Waals surface area contributed by atoms with Gasteiger partial charge in [0, 0.05) is 16.3 Å². The van der Waals surface area contributed by atoms with E-state index in [4.69, 9.17) is 11.6 Å². The molecule has 0 saturated heterocycles. The van der Waals surface area contributed by atoms with Crippen LogP contribution in [0.2, 0.25) is 0 Å². The summed E-state index contributed by atoms with van der Waals surface area (Å²) >= 11 is 7.45. The van der Waals surface area contributed by atoms with Crippen LogP contribution in [-0.2, 0) is 16.4 Å². The molecule has 1 aromatic heterocycles. The number of hydrogen-bond acceptors (Lipinski definition) is 3. The predicted molar refractivity (Wildman–Crippen MR) is 85.1 cm³/mol. The topological polar surface area (TPSA) is 46.2 Å². The molecule has 20 heavy (non-hydrogen) atoms. The van der Waals surface area contributed by atoms with Gasteiger partial charge in [-0.05, 0) is 37.3 Å². The third kappa shape index (κ3) is 3.56. The van der Waals surface area contributed by atoms with Gasteiger partial charge in [0.1, 0.15) is 4.21 Å². The molecule has 0 radical (unpaired) electrons. The zero-order valence-corrected chi connectivity index (χ0v) is 14.4. The molecule has 2 atom stereocenters. The molecule has 1 N–H and O–H groups in total. The van der Waals surface area contributed by atoms with Crippen LogP contribution in [0.4, 0.5) is 0 Å². The van der Waals surface area contributed by atoms with Gasteiger partial charge in [0.15, 0.2) is 0 Å². The maximum Gasteiger partial charge on any atom is 0.250 e. The van der Waals surface area contributed by atoms with Crippen molar-refractivity contribution in [2.45, 2.75) is 55.7 Å². The maximum absolute atomic E-state index is 12.5. The van der Waals surface area contributed by atoms with Gasteiger partial charge in [-0.15, -0.1) is 22.9 Å². The average Bonchev–Trinajstić information content (AvgIpc) is 2.88. The van der Waals surface area contributed by atoms with E-state index in [0.29, 0.717) is 16.0 Å². The number of thiophene rings is 1. The molecule has 1 heterocycles. The number of hydrogen-bond donors (Lipinski definition) is 1. The SMILES string of the molecule is CCc1ccc(S(=O)(=O)NC2(CCl)CCCC(C)C2)s1. The van der Waals surface area contributed by atoms with E-state index in [0.717, 1.165) is 37.0 Å². The fourth-order valence-corrected chi connectivity index (χ4v) is 6.05. The van der Waals surface area contributed by atoms with Crippen LogP contribution in [-0.4, -0.2) is 19.8 Å². The smallest absolute Gasteiger partial charge is 0.206 e. The van der Waals surface area contributed by atoms with Crippen LogP contribution in [0, 0.1) is 5.92 Å². The van der Waals surface area contributed by atoms with Crippen molar-refractivity contribution in [2.24, 2.45) is 5.92 Å². The predicted octanol–water partition coefficient (Wildman–Crippen LogP) is 3.78. The third-order valence-corrected chi connectivity index (χ3v) is 7.76. The zero-order chi connectivity index (χ0) is 14.8. The highest BCUT2D eigenvalue weighted by atomic mass is 35.5. The highest BCUT2D eigenvalue weighted by molar-refractivity contribution is 7.91. The van der Waals surface area contributed by atoms with Gasteiger partial charge in [-0.2, -0.15) is 0 Å². The van der Waals surface area contributed by atoms with Crippen molar-refractivity contribution < 1.29 is 8.42 Å². The fourth-order valence-electron chi connectivity index (χ4n) is 2.93. The first-order chi connectivity index (χ1) is 9.41. The minimum atomic E-state index is -3.46. The Kier molecular flexibility index (Phi) is 5.16. The lowest BCUT2D eigenvalue weighted by Crippen LogP contribution is -2.52. The number of aryl methyl sites for hydroxylation is 1. The largest absolute Gasteiger partial charge is 0.250 e. The van der Waals surface area contributed by atoms with Crippen molar-refractivity contribution in [3.63, 3.8) is 0 Å². The molecule has 3 nitrogen and oxygen atoms in total. The van der Waals surface area contributed by atoms with Gasteiger partial charge in [0.05, 0.1) is 0 Å². The quantitative estimate of drug-likeness (QED) is 0.832. The second kappa shape index (κ2) is 6.34. The van der Waals surface area contributed by atoms with Crippen molar-refractivity contribution in [1.82, 2.24) is 4.72 Å². The molecule has 0 bridgehead atoms. The molecule has 0 aliphatic heterocycles. The Balaban J connectivity index is 2.21. The lowest BCUT2D eigenvalue weighted by molar-refractivity contribution is 0.239. The molecule has 2 unspecified atom stereocenters. The lowest BCUT2D eigenvalue weighted by Gasteiger charge is -2.38. The second-order valence-corrected chi connectivity index (χ2v) is 9.14. The molecule has 1 aliphatic carbocycles. The average molecular weight is 336 g/mol. The minimum Gasteiger partial charge on any atom is -0.206 e. The molecule has 1 aromatic rings. The van der Waals surface area contributed by atoms with Crippen molar-refractivity contribution in [1.29, 1.82) is 0 Å². The van der Waals surface area contributed by atoms with E-state index in [9.17, 15) is 8.42 Å². The van der Waals surface area contributed by atoms with Crippen LogP contribution in [0.1, 0.15) is 44.4 Å². The van der Waals surface area contributed by atoms with Crippen molar-refractivity contribution in [2.75, 3.05) is 5.88 Å². The van der Waals surface area contributed by atoms with E-state index in [-0.39, 0.29) is 0 Å². The molecular formula is C14H22ClNO2S2. The highest BCUT2D eigenvalue weighted by Crippen LogP contribution is 2.35. The van der Waals surface area contributed by atoms with E-state index < -0.39 is 15.6 Å². The zero-order valence-electron chi connectivity index (χ0n) is 12.0. The molecule has 1 fully saturated rings. The van der Waals surface area contributed by atoms with Crippen LogP contribution in [0.5, 0.6) is 0 Å². The summed E-state index contributed by atoms with van der Waals surface area (Å²) in [6.45, 7) is 4.19. The monoisotopic (exact) mass is 335 g/mol. The normalized spacial score (nSPS) is 27.6. The van der Waals surface area contributed by atoms with Crippen LogP contribution in [0.3, 0.4) is 0 Å². The summed E-state index contributed by atoms with van der Waals surface area (Å²) in [5, 5.41) is 0. The van der Waals surface area contributed by atoms with Gasteiger partial charge in [0.25, 0.3) is 10.0 Å². The summed E-state index contributed by atoms with van der Waals surface area (Å²) in [7, 11) is -3.46. The van der Waals surface area contributed by atoms with Gasteiger partial charge >= 0.3 is 0 Å². The van der Waals surface area contributed by atoms with Crippen molar-refractivity contribution >= 4 is 33.0 Å². The maximum atomic E-state index is 12.5. The number of halogens is 1. The third-order valence-electron chi connectivity index (χ3n) is 3.95. The molecule has 0 amide bonds. The van der Waals surface area contributed by atoms with Gasteiger partial charge in [-0.3, -0.25) is 0 Å². The second-order valence-electron chi connectivity index (χ2n) is 5.80. The first-order valence-electron chi connectivity index (χ1n) is 7.09. The Morgan fingerprint density at radius 2 is 2.25 bits per heavy atom. The van der Waals surface area contributed by atoms with Crippen LogP contribution < -0.4 is 4.72 Å². The number of alkyl halides is 1. The Labute approximate surface area is 130 Å². The van der Waals surface area contributed by atoms with E-state index in [1.807, 2.05) is 13.0 Å². The molecule has 2 rings (SSSR count). The Bertz CT molecular complexity index is 555. The van der Waals surface area contributed by atoms with E-state index in [1.54, 1.807) is 6.07 Å². The summed E-state index contributed by atoms with van der Waals surface area (Å²) < 4.78 is 28.4. The minimum absolute atomic E-state index is 0.336. The summed E-state index contributed by atoms with van der Waals surface area (Å²) in [6.07, 6.45) is 4.69. The summed E-state index contributed by atoms with van der Waals surface area (Å²) in [5.41, 5.74) is -0.478. The Morgan fingerprint density at radius 3 is 2.80 bits per heavy atom. The van der Waals surface area contributed by atoms with Gasteiger partial charge in [-0.25, -0.2) is 13.1 Å². The van der Waals surface area contributed by atoms with E-state index in [1.165, 1.54) is 11.3 Å². The van der Waals surface area contributed by atoms with Gasteiger partial charge in [0.2, 0.25) is 0 Å². The van der Waals surface area contributed by atoms with E-state index in [2.05, 4.69) is 11.6 Å². The van der Waals surface area contributed by atoms with Crippen molar-refractivity contribution in [3.05, 3.63) is 17.0 Å². The van der Waals surface area contributed by atoms with Crippen molar-refractivity contribution in [3.8, 4) is 0 Å². The molecule has 0 aromatic carbocycles. The summed E-state index contributed by atoms with van der Waals surface area (Å²) in [6, 6.07) is 3.58. The number of sulfonamides is 1. The highest BCUT2D eigenvalue weighted by Gasteiger charge is 2.38. The van der Waals surface area contributed by atoms with Crippen LogP contribution >= 0.6 is 22.9 Å². The fraction of sp³-hybridized carbons (Fsp3) is 0.714. The van der Waals surface area contributed by atoms with Crippen LogP contribution in [0.15, 0.2) is 16.3 Å². The summed E-state index contributed by atoms with van der Waals surface area (Å²) in [4.78, 5) is 1.09. The van der Waals surface area contributed by atoms with Gasteiger partial charge in [-0.1, -0.05) is 26.7 Å². The van der Waals surface area contributed by atoms with Crippen LogP contribution in [0.25, 0.3) is 0 Å². The molecule has 6 heteroatoms. The van der Waals surface area contributed by atoms with Gasteiger partial charge < -0.3 is 0 Å². The number of rotatable bonds is 5. The first kappa shape index (κ1) is 16.3. The molecule has 0 spiro atoms. The molecule has 114 valence electrons. The van der Waals surface area contributed by atoms with E-state index >= 15 is 0 Å². The Hall–Kier alpha value is -0.100. The first-order valence-corrected chi connectivity index (χ1v) is 9.93.